The molecule has 0 bridgehead atoms. The van der Waals surface area contributed by atoms with Crippen molar-refractivity contribution < 1.29 is 4.79 Å². The maximum absolute atomic E-state index is 12.7. The third-order valence-corrected chi connectivity index (χ3v) is 5.42. The number of nitrogens with one attached hydrogen (secondary N) is 1. The van der Waals surface area contributed by atoms with E-state index in [2.05, 4.69) is 60.4 Å². The largest absolute Gasteiger partial charge is 0.358 e. The van der Waals surface area contributed by atoms with Crippen LogP contribution in [-0.2, 0) is 4.79 Å². The standard InChI is InChI=1S/C22H23NO/c1-15-21(17-11-5-7-13-19(17)23-15)22(16-9-3-2-4-10-16)18-12-6-8-14-20(18)24/h2-5,7,9-11,13,18,22-23H,6,8,12,14H2,1H3. The van der Waals surface area contributed by atoms with E-state index in [9.17, 15) is 4.79 Å². The third kappa shape index (κ3) is 2.56. The van der Waals surface area contributed by atoms with Crippen LogP contribution in [0.15, 0.2) is 54.6 Å². The molecule has 1 saturated carbocycles. The van der Waals surface area contributed by atoms with Crippen molar-refractivity contribution in [1.29, 1.82) is 0 Å². The SMILES string of the molecule is Cc1[nH]c2ccccc2c1C(c1ccccc1)C1CCCCC1=O. The number of aromatic amines is 1. The number of ketones is 1. The quantitative estimate of drug-likeness (QED) is 0.692. The van der Waals surface area contributed by atoms with Gasteiger partial charge in [-0.05, 0) is 37.0 Å². The van der Waals surface area contributed by atoms with E-state index >= 15 is 0 Å². The number of hydrogen-bond acceptors (Lipinski definition) is 1. The lowest BCUT2D eigenvalue weighted by atomic mass is 9.72. The highest BCUT2D eigenvalue weighted by Crippen LogP contribution is 2.42. The second-order valence-electron chi connectivity index (χ2n) is 6.92. The molecule has 0 aliphatic heterocycles. The zero-order valence-corrected chi connectivity index (χ0v) is 14.1. The second-order valence-corrected chi connectivity index (χ2v) is 6.92. The van der Waals surface area contributed by atoms with Crippen LogP contribution < -0.4 is 0 Å². The molecule has 24 heavy (non-hydrogen) atoms. The van der Waals surface area contributed by atoms with Crippen LogP contribution in [-0.4, -0.2) is 10.8 Å². The molecule has 1 aliphatic rings. The minimum absolute atomic E-state index is 0.0963. The number of benzene rings is 2. The van der Waals surface area contributed by atoms with Gasteiger partial charge < -0.3 is 4.98 Å². The average Bonchev–Trinajstić information content (AvgIpc) is 2.94. The maximum atomic E-state index is 12.7. The number of fused-ring (bicyclic) bond motifs is 1. The predicted molar refractivity (Wildman–Crippen MR) is 98.3 cm³/mol. The molecular formula is C22H23NO. The Labute approximate surface area is 142 Å². The van der Waals surface area contributed by atoms with Gasteiger partial charge in [-0.25, -0.2) is 0 Å². The fourth-order valence-electron chi connectivity index (χ4n) is 4.32. The molecule has 2 aromatic carbocycles. The molecule has 0 radical (unpaired) electrons. The Balaban J connectivity index is 1.92. The molecule has 0 amide bonds. The van der Waals surface area contributed by atoms with Gasteiger partial charge in [0.2, 0.25) is 0 Å². The Hall–Kier alpha value is -2.35. The molecule has 2 nitrogen and oxygen atoms in total. The molecule has 1 fully saturated rings. The van der Waals surface area contributed by atoms with E-state index in [4.69, 9.17) is 0 Å². The topological polar surface area (TPSA) is 32.9 Å². The molecule has 1 heterocycles. The van der Waals surface area contributed by atoms with Gasteiger partial charge in [0.05, 0.1) is 0 Å². The van der Waals surface area contributed by atoms with Crippen LogP contribution in [0.25, 0.3) is 10.9 Å². The number of rotatable bonds is 3. The van der Waals surface area contributed by atoms with Crippen molar-refractivity contribution in [3.63, 3.8) is 0 Å². The molecule has 3 aromatic rings. The summed E-state index contributed by atoms with van der Waals surface area (Å²) in [5, 5.41) is 1.25. The third-order valence-electron chi connectivity index (χ3n) is 5.42. The second kappa shape index (κ2) is 6.27. The van der Waals surface area contributed by atoms with E-state index in [-0.39, 0.29) is 11.8 Å². The first-order valence-electron chi connectivity index (χ1n) is 8.90. The Morgan fingerprint density at radius 1 is 1.00 bits per heavy atom. The Kier molecular flexibility index (Phi) is 3.97. The Bertz CT molecular complexity index is 862. The maximum Gasteiger partial charge on any atom is 0.136 e. The fraction of sp³-hybridized carbons (Fsp3) is 0.318. The zero-order valence-electron chi connectivity index (χ0n) is 14.1. The molecule has 2 unspecified atom stereocenters. The number of aryl methyl sites for hydroxylation is 1. The van der Waals surface area contributed by atoms with E-state index in [1.807, 2.05) is 6.07 Å². The van der Waals surface area contributed by atoms with Crippen molar-refractivity contribution in [2.24, 2.45) is 5.92 Å². The number of para-hydroxylation sites is 1. The van der Waals surface area contributed by atoms with Crippen LogP contribution in [0.1, 0.15) is 48.4 Å². The van der Waals surface area contributed by atoms with Crippen LogP contribution in [0, 0.1) is 12.8 Å². The van der Waals surface area contributed by atoms with Gasteiger partial charge >= 0.3 is 0 Å². The summed E-state index contributed by atoms with van der Waals surface area (Å²) in [5.74, 6) is 0.675. The van der Waals surface area contributed by atoms with Gasteiger partial charge in [0.15, 0.2) is 0 Å². The fourth-order valence-corrected chi connectivity index (χ4v) is 4.32. The van der Waals surface area contributed by atoms with Gasteiger partial charge in [-0.15, -0.1) is 0 Å². The van der Waals surface area contributed by atoms with Gasteiger partial charge in [0.25, 0.3) is 0 Å². The lowest BCUT2D eigenvalue weighted by Gasteiger charge is -2.30. The van der Waals surface area contributed by atoms with E-state index in [0.717, 1.165) is 31.2 Å². The van der Waals surface area contributed by atoms with Crippen LogP contribution in [0.3, 0.4) is 0 Å². The first-order valence-corrected chi connectivity index (χ1v) is 8.90. The minimum Gasteiger partial charge on any atom is -0.358 e. The normalized spacial score (nSPS) is 19.5. The molecular weight excluding hydrogens is 294 g/mol. The van der Waals surface area contributed by atoms with E-state index in [0.29, 0.717) is 5.78 Å². The first kappa shape index (κ1) is 15.2. The number of aromatic nitrogens is 1. The summed E-state index contributed by atoms with van der Waals surface area (Å²) in [7, 11) is 0. The smallest absolute Gasteiger partial charge is 0.136 e. The van der Waals surface area contributed by atoms with Gasteiger partial charge in [-0.3, -0.25) is 4.79 Å². The lowest BCUT2D eigenvalue weighted by Crippen LogP contribution is -2.26. The molecule has 0 saturated heterocycles. The highest BCUT2D eigenvalue weighted by atomic mass is 16.1. The average molecular weight is 317 g/mol. The molecule has 2 atom stereocenters. The van der Waals surface area contributed by atoms with Gasteiger partial charge in [0, 0.05) is 34.9 Å². The van der Waals surface area contributed by atoms with E-state index in [1.165, 1.54) is 22.2 Å². The molecule has 1 aliphatic carbocycles. The predicted octanol–water partition coefficient (Wildman–Crippen LogP) is 5.37. The highest BCUT2D eigenvalue weighted by molar-refractivity contribution is 5.89. The Morgan fingerprint density at radius 3 is 2.54 bits per heavy atom. The van der Waals surface area contributed by atoms with Crippen molar-refractivity contribution in [2.75, 3.05) is 0 Å². The van der Waals surface area contributed by atoms with E-state index in [1.54, 1.807) is 0 Å². The van der Waals surface area contributed by atoms with Crippen molar-refractivity contribution in [3.8, 4) is 0 Å². The van der Waals surface area contributed by atoms with Gasteiger partial charge in [-0.1, -0.05) is 55.0 Å². The van der Waals surface area contributed by atoms with Crippen LogP contribution in [0.5, 0.6) is 0 Å². The number of Topliss-reactive ketones (excluding diaryl/α,β-unsaturated/α-hetero) is 1. The summed E-state index contributed by atoms with van der Waals surface area (Å²) in [6.07, 6.45) is 3.93. The summed E-state index contributed by atoms with van der Waals surface area (Å²) in [5.41, 5.74) is 4.90. The number of H-pyrrole nitrogens is 1. The summed E-state index contributed by atoms with van der Waals surface area (Å²) in [6.45, 7) is 2.14. The van der Waals surface area contributed by atoms with Crippen molar-refractivity contribution in [1.82, 2.24) is 4.98 Å². The van der Waals surface area contributed by atoms with Crippen molar-refractivity contribution in [3.05, 3.63) is 71.4 Å². The van der Waals surface area contributed by atoms with Crippen molar-refractivity contribution >= 4 is 16.7 Å². The summed E-state index contributed by atoms with van der Waals surface area (Å²) in [4.78, 5) is 16.3. The van der Waals surface area contributed by atoms with Crippen LogP contribution >= 0.6 is 0 Å². The summed E-state index contributed by atoms with van der Waals surface area (Å²) < 4.78 is 0. The zero-order chi connectivity index (χ0) is 16.5. The molecule has 2 heteroatoms. The number of hydrogen-bond donors (Lipinski definition) is 1. The Morgan fingerprint density at radius 2 is 1.75 bits per heavy atom. The highest BCUT2D eigenvalue weighted by Gasteiger charge is 2.34. The molecule has 122 valence electrons. The van der Waals surface area contributed by atoms with Crippen molar-refractivity contribution in [2.45, 2.75) is 38.5 Å². The van der Waals surface area contributed by atoms with Gasteiger partial charge in [0.1, 0.15) is 5.78 Å². The molecule has 1 N–H and O–H groups in total. The van der Waals surface area contributed by atoms with E-state index < -0.39 is 0 Å². The summed E-state index contributed by atoms with van der Waals surface area (Å²) in [6, 6.07) is 19.0. The molecule has 0 spiro atoms. The minimum atomic E-state index is 0.0963. The number of carbonyl (C=O) groups excluding carboxylic acids is 1. The first-order chi connectivity index (χ1) is 11.8. The van der Waals surface area contributed by atoms with Crippen LogP contribution in [0.4, 0.5) is 0 Å². The van der Waals surface area contributed by atoms with Gasteiger partial charge in [-0.2, -0.15) is 0 Å². The monoisotopic (exact) mass is 317 g/mol. The lowest BCUT2D eigenvalue weighted by molar-refractivity contribution is -0.125. The van der Waals surface area contributed by atoms with Crippen LogP contribution in [0.2, 0.25) is 0 Å². The number of carbonyl (C=O) groups is 1. The molecule has 4 rings (SSSR count). The molecule has 1 aromatic heterocycles. The summed E-state index contributed by atoms with van der Waals surface area (Å²) >= 11 is 0.